The second-order valence-electron chi connectivity index (χ2n) is 6.67. The lowest BCUT2D eigenvalue weighted by atomic mass is 9.92. The minimum atomic E-state index is -0.454. The molecule has 1 saturated heterocycles. The first-order valence-corrected chi connectivity index (χ1v) is 9.29. The van der Waals surface area contributed by atoms with Crippen LogP contribution in [0.4, 0.5) is 5.82 Å². The lowest BCUT2D eigenvalue weighted by Gasteiger charge is -2.28. The number of methoxy groups -OCH3 is 1. The van der Waals surface area contributed by atoms with Crippen LogP contribution in [0.1, 0.15) is 37.8 Å². The number of benzene rings is 1. The third-order valence-corrected chi connectivity index (χ3v) is 4.89. The van der Waals surface area contributed by atoms with Crippen molar-refractivity contribution in [3.05, 3.63) is 54.2 Å². The molecule has 1 aromatic heterocycles. The number of unbranched alkanes of at least 4 members (excludes halogenated alkanes) is 1. The van der Waals surface area contributed by atoms with Crippen LogP contribution in [-0.2, 0) is 9.59 Å². The Morgan fingerprint density at radius 2 is 2.04 bits per heavy atom. The Kier molecular flexibility index (Phi) is 6.06. The first-order valence-electron chi connectivity index (χ1n) is 9.29. The van der Waals surface area contributed by atoms with Crippen LogP contribution in [0.5, 0.6) is 5.75 Å². The van der Waals surface area contributed by atoms with Gasteiger partial charge in [0.25, 0.3) is 0 Å². The van der Waals surface area contributed by atoms with Gasteiger partial charge < -0.3 is 15.0 Å². The highest BCUT2D eigenvalue weighted by atomic mass is 16.5. The number of ether oxygens (including phenoxy) is 1. The Hall–Kier alpha value is -2.89. The molecule has 0 aliphatic carbocycles. The number of nitrogens with zero attached hydrogens (tertiary/aromatic N) is 2. The van der Waals surface area contributed by atoms with Crippen molar-refractivity contribution in [3.63, 3.8) is 0 Å². The van der Waals surface area contributed by atoms with Crippen molar-refractivity contribution in [2.75, 3.05) is 19.0 Å². The van der Waals surface area contributed by atoms with E-state index in [0.717, 1.165) is 24.2 Å². The molecular weight excluding hydrogens is 342 g/mol. The summed E-state index contributed by atoms with van der Waals surface area (Å²) in [5.41, 5.74) is 0.943. The molecule has 0 radical (unpaired) electrons. The summed E-state index contributed by atoms with van der Waals surface area (Å²) >= 11 is 0. The molecule has 3 rings (SSSR count). The van der Waals surface area contributed by atoms with Crippen molar-refractivity contribution < 1.29 is 14.3 Å². The second kappa shape index (κ2) is 8.66. The first kappa shape index (κ1) is 18.9. The number of rotatable bonds is 7. The minimum absolute atomic E-state index is 0.0189. The van der Waals surface area contributed by atoms with Crippen molar-refractivity contribution in [2.24, 2.45) is 5.92 Å². The van der Waals surface area contributed by atoms with Gasteiger partial charge in [-0.2, -0.15) is 0 Å². The van der Waals surface area contributed by atoms with Gasteiger partial charge in [-0.25, -0.2) is 4.98 Å². The van der Waals surface area contributed by atoms with Crippen molar-refractivity contribution >= 4 is 17.6 Å². The molecule has 0 bridgehead atoms. The van der Waals surface area contributed by atoms with E-state index in [4.69, 9.17) is 4.74 Å². The van der Waals surface area contributed by atoms with Gasteiger partial charge in [0.15, 0.2) is 0 Å². The number of pyridine rings is 1. The molecule has 1 fully saturated rings. The Bertz CT molecular complexity index is 777. The van der Waals surface area contributed by atoms with Gasteiger partial charge in [-0.05, 0) is 36.2 Å². The van der Waals surface area contributed by atoms with Crippen LogP contribution >= 0.6 is 0 Å². The predicted octanol–water partition coefficient (Wildman–Crippen LogP) is 3.42. The molecule has 2 aromatic rings. The maximum atomic E-state index is 12.9. The standard InChI is InChI=1S/C21H25N3O3/c1-3-4-13-24-19(25)14-17(21(26)23-18-7-5-6-12-22-18)20(24)15-8-10-16(27-2)11-9-15/h5-12,17,20H,3-4,13-14H2,1-2H3,(H,22,23,26). The van der Waals surface area contributed by atoms with Crippen LogP contribution in [-0.4, -0.2) is 35.4 Å². The summed E-state index contributed by atoms with van der Waals surface area (Å²) < 4.78 is 5.23. The number of anilines is 1. The number of carbonyl (C=O) groups is 2. The molecule has 6 nitrogen and oxygen atoms in total. The molecule has 1 N–H and O–H groups in total. The molecule has 2 heterocycles. The minimum Gasteiger partial charge on any atom is -0.497 e. The molecule has 0 spiro atoms. The summed E-state index contributed by atoms with van der Waals surface area (Å²) in [5, 5.41) is 2.85. The van der Waals surface area contributed by atoms with Crippen LogP contribution < -0.4 is 10.1 Å². The fourth-order valence-electron chi connectivity index (χ4n) is 3.49. The molecular formula is C21H25N3O3. The number of amides is 2. The zero-order valence-electron chi connectivity index (χ0n) is 15.7. The average Bonchev–Trinajstić information content (AvgIpc) is 3.03. The highest BCUT2D eigenvalue weighted by Crippen LogP contribution is 2.39. The predicted molar refractivity (Wildman–Crippen MR) is 103 cm³/mol. The summed E-state index contributed by atoms with van der Waals surface area (Å²) in [7, 11) is 1.62. The van der Waals surface area contributed by atoms with Crippen molar-refractivity contribution in [2.45, 2.75) is 32.2 Å². The maximum Gasteiger partial charge on any atom is 0.231 e. The molecule has 2 unspecified atom stereocenters. The fourth-order valence-corrected chi connectivity index (χ4v) is 3.49. The number of aromatic nitrogens is 1. The van der Waals surface area contributed by atoms with E-state index in [0.29, 0.717) is 12.4 Å². The normalized spacial score (nSPS) is 19.2. The van der Waals surface area contributed by atoms with E-state index in [9.17, 15) is 9.59 Å². The van der Waals surface area contributed by atoms with Gasteiger partial charge in [0.2, 0.25) is 11.8 Å². The zero-order chi connectivity index (χ0) is 19.2. The molecule has 1 aromatic carbocycles. The lowest BCUT2D eigenvalue weighted by molar-refractivity contribution is -0.129. The van der Waals surface area contributed by atoms with Gasteiger partial charge >= 0.3 is 0 Å². The van der Waals surface area contributed by atoms with E-state index in [1.165, 1.54) is 0 Å². The second-order valence-corrected chi connectivity index (χ2v) is 6.67. The van der Waals surface area contributed by atoms with Crippen LogP contribution in [0.3, 0.4) is 0 Å². The van der Waals surface area contributed by atoms with Crippen molar-refractivity contribution in [3.8, 4) is 5.75 Å². The molecule has 27 heavy (non-hydrogen) atoms. The molecule has 6 heteroatoms. The van der Waals surface area contributed by atoms with Crippen molar-refractivity contribution in [1.29, 1.82) is 0 Å². The maximum absolute atomic E-state index is 12.9. The molecule has 1 aliphatic heterocycles. The van der Waals surface area contributed by atoms with E-state index in [2.05, 4.69) is 17.2 Å². The van der Waals surface area contributed by atoms with E-state index in [-0.39, 0.29) is 24.3 Å². The van der Waals surface area contributed by atoms with Gasteiger partial charge in [0, 0.05) is 19.2 Å². The number of carbonyl (C=O) groups excluding carboxylic acids is 2. The molecule has 0 saturated carbocycles. The van der Waals surface area contributed by atoms with Gasteiger partial charge in [-0.1, -0.05) is 31.5 Å². The lowest BCUT2D eigenvalue weighted by Crippen LogP contribution is -2.33. The molecule has 2 amide bonds. The number of likely N-dealkylation sites (tertiary alicyclic amines) is 1. The Balaban J connectivity index is 1.87. The van der Waals surface area contributed by atoms with Gasteiger partial charge in [0.1, 0.15) is 11.6 Å². The number of hydrogen-bond acceptors (Lipinski definition) is 4. The zero-order valence-corrected chi connectivity index (χ0v) is 15.7. The van der Waals surface area contributed by atoms with Crippen LogP contribution in [0.2, 0.25) is 0 Å². The van der Waals surface area contributed by atoms with Crippen molar-refractivity contribution in [1.82, 2.24) is 9.88 Å². The summed E-state index contributed by atoms with van der Waals surface area (Å²) in [5.74, 6) is 0.630. The Morgan fingerprint density at radius 3 is 2.67 bits per heavy atom. The third-order valence-electron chi connectivity index (χ3n) is 4.89. The van der Waals surface area contributed by atoms with E-state index in [1.807, 2.05) is 35.2 Å². The Labute approximate surface area is 159 Å². The van der Waals surface area contributed by atoms with E-state index < -0.39 is 5.92 Å². The Morgan fingerprint density at radius 1 is 1.26 bits per heavy atom. The quantitative estimate of drug-likeness (QED) is 0.814. The van der Waals surface area contributed by atoms with E-state index >= 15 is 0 Å². The fraction of sp³-hybridized carbons (Fsp3) is 0.381. The summed E-state index contributed by atoms with van der Waals surface area (Å²) in [6.45, 7) is 2.74. The average molecular weight is 367 g/mol. The highest BCUT2D eigenvalue weighted by molar-refractivity contribution is 5.97. The largest absolute Gasteiger partial charge is 0.497 e. The van der Waals surface area contributed by atoms with Gasteiger partial charge in [-0.3, -0.25) is 9.59 Å². The van der Waals surface area contributed by atoms with Crippen LogP contribution in [0, 0.1) is 5.92 Å². The van der Waals surface area contributed by atoms with E-state index in [1.54, 1.807) is 25.4 Å². The number of nitrogens with one attached hydrogen (secondary N) is 1. The smallest absolute Gasteiger partial charge is 0.231 e. The SMILES string of the molecule is CCCCN1C(=O)CC(C(=O)Nc2ccccn2)C1c1ccc(OC)cc1. The highest BCUT2D eigenvalue weighted by Gasteiger charge is 2.44. The topological polar surface area (TPSA) is 71.5 Å². The molecule has 2 atom stereocenters. The first-order chi connectivity index (χ1) is 13.1. The third kappa shape index (κ3) is 4.27. The van der Waals surface area contributed by atoms with Crippen LogP contribution in [0.25, 0.3) is 0 Å². The van der Waals surface area contributed by atoms with Gasteiger partial charge in [-0.15, -0.1) is 0 Å². The number of hydrogen-bond donors (Lipinski definition) is 1. The molecule has 142 valence electrons. The monoisotopic (exact) mass is 367 g/mol. The molecule has 1 aliphatic rings. The van der Waals surface area contributed by atoms with Gasteiger partial charge in [0.05, 0.1) is 19.1 Å². The summed E-state index contributed by atoms with van der Waals surface area (Å²) in [6.07, 6.45) is 3.74. The van der Waals surface area contributed by atoms with Crippen LogP contribution in [0.15, 0.2) is 48.7 Å². The summed E-state index contributed by atoms with van der Waals surface area (Å²) in [4.78, 5) is 31.6. The summed E-state index contributed by atoms with van der Waals surface area (Å²) in [6, 6.07) is 12.7.